The van der Waals surface area contributed by atoms with Gasteiger partial charge in [0.15, 0.2) is 0 Å². The van der Waals surface area contributed by atoms with Crippen molar-refractivity contribution in [2.75, 3.05) is 0 Å². The number of Topliss-reactive ketones (excluding diaryl/α,β-unsaturated/α-hetero) is 1. The van der Waals surface area contributed by atoms with Crippen LogP contribution in [-0.4, -0.2) is 10.8 Å². The minimum atomic E-state index is 0.127. The van der Waals surface area contributed by atoms with Crippen LogP contribution >= 0.6 is 11.3 Å². The minimum absolute atomic E-state index is 0.127. The fourth-order valence-electron chi connectivity index (χ4n) is 1.51. The Kier molecular flexibility index (Phi) is 2.27. The molecule has 1 heterocycles. The Balaban J connectivity index is 2.22. The number of thiazole rings is 1. The van der Waals surface area contributed by atoms with Crippen molar-refractivity contribution in [3.8, 4) is 0 Å². The van der Waals surface area contributed by atoms with Crippen LogP contribution in [-0.2, 0) is 0 Å². The molecule has 0 atom stereocenters. The summed E-state index contributed by atoms with van der Waals surface area (Å²) < 4.78 is 0. The highest BCUT2D eigenvalue weighted by Crippen LogP contribution is 2.22. The van der Waals surface area contributed by atoms with Crippen LogP contribution in [0.1, 0.15) is 34.8 Å². The fourth-order valence-corrected chi connectivity index (χ4v) is 2.10. The first-order valence-corrected chi connectivity index (χ1v) is 5.31. The van der Waals surface area contributed by atoms with Crippen LogP contribution in [0.5, 0.6) is 0 Å². The molecule has 0 bridgehead atoms. The average Bonchev–Trinajstić information content (AvgIpc) is 2.72. The zero-order valence-electron chi connectivity index (χ0n) is 7.54. The van der Waals surface area contributed by atoms with Crippen LogP contribution in [0.4, 0.5) is 0 Å². The third-order valence-electron chi connectivity index (χ3n) is 2.18. The molecule has 2 rings (SSSR count). The summed E-state index contributed by atoms with van der Waals surface area (Å²) in [5.74, 6) is 0.127. The van der Waals surface area contributed by atoms with E-state index < -0.39 is 0 Å². The summed E-state index contributed by atoms with van der Waals surface area (Å²) in [6.45, 7) is 1.92. The Bertz CT molecular complexity index is 365. The summed E-state index contributed by atoms with van der Waals surface area (Å²) in [5, 5.41) is 2.80. The number of aromatic nitrogens is 1. The lowest BCUT2D eigenvalue weighted by molar-refractivity contribution is 0.102. The van der Waals surface area contributed by atoms with Gasteiger partial charge in [-0.1, -0.05) is 6.08 Å². The molecule has 1 aromatic rings. The molecule has 0 N–H and O–H groups in total. The van der Waals surface area contributed by atoms with Gasteiger partial charge in [0.1, 0.15) is 5.69 Å². The topological polar surface area (TPSA) is 30.0 Å². The van der Waals surface area contributed by atoms with Gasteiger partial charge in [-0.05, 0) is 31.8 Å². The first-order valence-electron chi connectivity index (χ1n) is 4.43. The lowest BCUT2D eigenvalue weighted by atomic mass is 10.1. The Morgan fingerprint density at radius 1 is 1.62 bits per heavy atom. The van der Waals surface area contributed by atoms with Crippen LogP contribution in [0.15, 0.2) is 17.0 Å². The van der Waals surface area contributed by atoms with Crippen molar-refractivity contribution >= 4 is 17.1 Å². The molecule has 0 radical (unpaired) electrons. The number of carbonyl (C=O) groups excluding carboxylic acids is 1. The zero-order valence-corrected chi connectivity index (χ0v) is 8.36. The van der Waals surface area contributed by atoms with Gasteiger partial charge >= 0.3 is 0 Å². The van der Waals surface area contributed by atoms with Crippen molar-refractivity contribution < 1.29 is 4.79 Å². The van der Waals surface area contributed by atoms with Gasteiger partial charge < -0.3 is 0 Å². The van der Waals surface area contributed by atoms with Gasteiger partial charge in [-0.25, -0.2) is 4.98 Å². The number of hydrogen-bond acceptors (Lipinski definition) is 3. The van der Waals surface area contributed by atoms with Gasteiger partial charge in [-0.3, -0.25) is 4.79 Å². The minimum Gasteiger partial charge on any atom is -0.287 e. The molecule has 0 fully saturated rings. The molecule has 0 amide bonds. The summed E-state index contributed by atoms with van der Waals surface area (Å²) >= 11 is 1.53. The Labute approximate surface area is 81.3 Å². The normalized spacial score (nSPS) is 15.9. The third kappa shape index (κ3) is 1.70. The lowest BCUT2D eigenvalue weighted by Gasteiger charge is -1.95. The highest BCUT2D eigenvalue weighted by Gasteiger charge is 2.17. The molecule has 0 aliphatic heterocycles. The van der Waals surface area contributed by atoms with Gasteiger partial charge in [-0.15, -0.1) is 11.3 Å². The Hall–Kier alpha value is -0.960. The quantitative estimate of drug-likeness (QED) is 0.676. The molecular weight excluding hydrogens is 182 g/mol. The van der Waals surface area contributed by atoms with E-state index in [4.69, 9.17) is 0 Å². The predicted octanol–water partition coefficient (Wildman–Crippen LogP) is 2.74. The van der Waals surface area contributed by atoms with Gasteiger partial charge in [0.25, 0.3) is 0 Å². The van der Waals surface area contributed by atoms with E-state index in [0.29, 0.717) is 5.69 Å². The molecule has 68 valence electrons. The van der Waals surface area contributed by atoms with E-state index in [1.54, 1.807) is 0 Å². The van der Waals surface area contributed by atoms with Crippen molar-refractivity contribution in [1.29, 1.82) is 0 Å². The first kappa shape index (κ1) is 8.63. The number of hydrogen-bond donors (Lipinski definition) is 0. The molecule has 2 nitrogen and oxygen atoms in total. The van der Waals surface area contributed by atoms with Crippen molar-refractivity contribution in [2.24, 2.45) is 0 Å². The molecule has 1 aliphatic rings. The standard InChI is InChI=1S/C10H11NOS/c1-7-11-9(6-13-7)10(12)8-4-2-3-5-8/h4,6H,2-3,5H2,1H3. The summed E-state index contributed by atoms with van der Waals surface area (Å²) in [4.78, 5) is 15.9. The third-order valence-corrected chi connectivity index (χ3v) is 2.96. The molecule has 3 heteroatoms. The Morgan fingerprint density at radius 2 is 2.46 bits per heavy atom. The number of ketones is 1. The number of carbonyl (C=O) groups is 1. The Morgan fingerprint density at radius 3 is 3.00 bits per heavy atom. The molecule has 0 spiro atoms. The molecule has 0 saturated carbocycles. The highest BCUT2D eigenvalue weighted by molar-refractivity contribution is 7.09. The maximum atomic E-state index is 11.7. The van der Waals surface area contributed by atoms with Gasteiger partial charge in [0.2, 0.25) is 5.78 Å². The van der Waals surface area contributed by atoms with Gasteiger partial charge in [0, 0.05) is 5.38 Å². The number of aryl methyl sites for hydroxylation is 1. The van der Waals surface area contributed by atoms with E-state index >= 15 is 0 Å². The lowest BCUT2D eigenvalue weighted by Crippen LogP contribution is -2.01. The SMILES string of the molecule is Cc1nc(C(=O)C2=CCCC2)cs1. The van der Waals surface area contributed by atoms with Crippen molar-refractivity contribution in [1.82, 2.24) is 4.98 Å². The van der Waals surface area contributed by atoms with E-state index in [1.807, 2.05) is 18.4 Å². The van der Waals surface area contributed by atoms with Crippen LogP contribution in [0.2, 0.25) is 0 Å². The summed E-state index contributed by atoms with van der Waals surface area (Å²) in [7, 11) is 0. The van der Waals surface area contributed by atoms with E-state index in [-0.39, 0.29) is 5.78 Å². The highest BCUT2D eigenvalue weighted by atomic mass is 32.1. The van der Waals surface area contributed by atoms with Crippen LogP contribution in [0, 0.1) is 6.92 Å². The van der Waals surface area contributed by atoms with E-state index in [1.165, 1.54) is 11.3 Å². The maximum Gasteiger partial charge on any atom is 0.207 e. The van der Waals surface area contributed by atoms with Crippen LogP contribution in [0.3, 0.4) is 0 Å². The smallest absolute Gasteiger partial charge is 0.207 e. The zero-order chi connectivity index (χ0) is 9.26. The summed E-state index contributed by atoms with van der Waals surface area (Å²) in [5.41, 5.74) is 1.57. The van der Waals surface area contributed by atoms with Crippen molar-refractivity contribution in [2.45, 2.75) is 26.2 Å². The second-order valence-corrected chi connectivity index (χ2v) is 4.26. The van der Waals surface area contributed by atoms with E-state index in [2.05, 4.69) is 4.98 Å². The maximum absolute atomic E-state index is 11.7. The summed E-state index contributed by atoms with van der Waals surface area (Å²) in [6.07, 6.45) is 5.13. The average molecular weight is 193 g/mol. The van der Waals surface area contributed by atoms with E-state index in [9.17, 15) is 4.79 Å². The van der Waals surface area contributed by atoms with Gasteiger partial charge in [0.05, 0.1) is 5.01 Å². The predicted molar refractivity (Wildman–Crippen MR) is 53.1 cm³/mol. The first-order chi connectivity index (χ1) is 6.27. The molecule has 0 saturated heterocycles. The second-order valence-electron chi connectivity index (χ2n) is 3.20. The number of allylic oxidation sites excluding steroid dienone is 2. The molecule has 0 aromatic carbocycles. The van der Waals surface area contributed by atoms with Crippen LogP contribution < -0.4 is 0 Å². The summed E-state index contributed by atoms with van der Waals surface area (Å²) in [6, 6.07) is 0. The van der Waals surface area contributed by atoms with Crippen molar-refractivity contribution in [3.05, 3.63) is 27.7 Å². The molecule has 0 unspecified atom stereocenters. The van der Waals surface area contributed by atoms with Crippen LogP contribution in [0.25, 0.3) is 0 Å². The molecular formula is C10H11NOS. The monoisotopic (exact) mass is 193 g/mol. The van der Waals surface area contributed by atoms with Crippen molar-refractivity contribution in [3.63, 3.8) is 0 Å². The largest absolute Gasteiger partial charge is 0.287 e. The fraction of sp³-hybridized carbons (Fsp3) is 0.400. The molecule has 1 aliphatic carbocycles. The molecule has 1 aromatic heterocycles. The van der Waals surface area contributed by atoms with Gasteiger partial charge in [-0.2, -0.15) is 0 Å². The number of rotatable bonds is 2. The number of nitrogens with zero attached hydrogens (tertiary/aromatic N) is 1. The molecule has 13 heavy (non-hydrogen) atoms. The van der Waals surface area contributed by atoms with E-state index in [0.717, 1.165) is 29.8 Å². The second kappa shape index (κ2) is 3.42.